The zero-order chi connectivity index (χ0) is 20.5. The van der Waals surface area contributed by atoms with Gasteiger partial charge in [-0.3, -0.25) is 9.89 Å². The Morgan fingerprint density at radius 3 is 2.21 bits per heavy atom. The van der Waals surface area contributed by atoms with E-state index in [1.54, 1.807) is 0 Å². The first-order valence-corrected chi connectivity index (χ1v) is 12.2. The maximum atomic E-state index is 4.53. The van der Waals surface area contributed by atoms with Crippen molar-refractivity contribution in [3.63, 3.8) is 0 Å². The van der Waals surface area contributed by atoms with Crippen molar-refractivity contribution in [2.24, 2.45) is 10.9 Å². The summed E-state index contributed by atoms with van der Waals surface area (Å²) in [4.78, 5) is 12.4. The monoisotopic (exact) mass is 406 g/mol. The van der Waals surface area contributed by atoms with Crippen molar-refractivity contribution >= 4 is 5.96 Å². The number of hydrogen-bond acceptors (Lipinski definition) is 4. The van der Waals surface area contributed by atoms with Gasteiger partial charge in [0.2, 0.25) is 0 Å². The number of nitrogens with one attached hydrogen (secondary N) is 2. The third kappa shape index (κ3) is 6.83. The van der Waals surface area contributed by atoms with E-state index in [9.17, 15) is 0 Å². The lowest BCUT2D eigenvalue weighted by molar-refractivity contribution is 0.0368. The minimum absolute atomic E-state index is 0.349. The van der Waals surface area contributed by atoms with Crippen LogP contribution >= 0.6 is 0 Å². The second kappa shape index (κ2) is 11.5. The molecule has 6 heteroatoms. The summed E-state index contributed by atoms with van der Waals surface area (Å²) >= 11 is 0. The highest BCUT2D eigenvalue weighted by molar-refractivity contribution is 5.79. The molecule has 3 rings (SSSR count). The van der Waals surface area contributed by atoms with Gasteiger partial charge in [0.1, 0.15) is 0 Å². The first-order valence-electron chi connectivity index (χ1n) is 12.2. The maximum Gasteiger partial charge on any atom is 0.191 e. The molecule has 2 heterocycles. The van der Waals surface area contributed by atoms with Gasteiger partial charge in [-0.15, -0.1) is 0 Å². The lowest BCUT2D eigenvalue weighted by Gasteiger charge is -2.48. The summed E-state index contributed by atoms with van der Waals surface area (Å²) in [5, 5.41) is 7.33. The van der Waals surface area contributed by atoms with Crippen molar-refractivity contribution in [1.82, 2.24) is 25.3 Å². The Morgan fingerprint density at radius 2 is 1.55 bits per heavy atom. The van der Waals surface area contributed by atoms with E-state index in [1.807, 2.05) is 7.05 Å². The average Bonchev–Trinajstić information content (AvgIpc) is 2.77. The summed E-state index contributed by atoms with van der Waals surface area (Å²) in [5.74, 6) is 1.61. The molecule has 2 aliphatic heterocycles. The fourth-order valence-electron chi connectivity index (χ4n) is 5.46. The molecular formula is C23H46N6. The smallest absolute Gasteiger partial charge is 0.191 e. The van der Waals surface area contributed by atoms with Gasteiger partial charge in [-0.2, -0.15) is 0 Å². The Morgan fingerprint density at radius 1 is 0.897 bits per heavy atom. The number of likely N-dealkylation sites (tertiary alicyclic amines) is 1. The Kier molecular flexibility index (Phi) is 9.07. The van der Waals surface area contributed by atoms with Gasteiger partial charge in [-0.05, 0) is 51.7 Å². The zero-order valence-corrected chi connectivity index (χ0v) is 19.4. The number of nitrogens with zero attached hydrogens (tertiary/aromatic N) is 4. The highest BCUT2D eigenvalue weighted by atomic mass is 15.3. The van der Waals surface area contributed by atoms with Crippen molar-refractivity contribution in [1.29, 1.82) is 0 Å². The van der Waals surface area contributed by atoms with Crippen LogP contribution in [-0.2, 0) is 0 Å². The van der Waals surface area contributed by atoms with Crippen LogP contribution in [0, 0.1) is 5.92 Å². The molecule has 0 aromatic heterocycles. The van der Waals surface area contributed by atoms with Crippen LogP contribution < -0.4 is 10.6 Å². The van der Waals surface area contributed by atoms with Crippen LogP contribution in [0.2, 0.25) is 0 Å². The lowest BCUT2D eigenvalue weighted by Crippen LogP contribution is -2.59. The number of likely N-dealkylation sites (N-methyl/N-ethyl adjacent to an activating group) is 1. The minimum Gasteiger partial charge on any atom is -0.356 e. The first-order chi connectivity index (χ1) is 14.1. The van der Waals surface area contributed by atoms with Crippen molar-refractivity contribution in [2.45, 2.75) is 63.8 Å². The molecule has 29 heavy (non-hydrogen) atoms. The fraction of sp³-hybridized carbons (Fsp3) is 0.957. The van der Waals surface area contributed by atoms with Crippen molar-refractivity contribution < 1.29 is 0 Å². The zero-order valence-electron chi connectivity index (χ0n) is 19.4. The van der Waals surface area contributed by atoms with E-state index in [-0.39, 0.29) is 0 Å². The predicted molar refractivity (Wildman–Crippen MR) is 124 cm³/mol. The molecule has 168 valence electrons. The predicted octanol–water partition coefficient (Wildman–Crippen LogP) is 2.22. The average molecular weight is 407 g/mol. The fourth-order valence-corrected chi connectivity index (χ4v) is 5.46. The Bertz CT molecular complexity index is 488. The molecule has 6 nitrogen and oxygen atoms in total. The van der Waals surface area contributed by atoms with Crippen LogP contribution in [0.15, 0.2) is 4.99 Å². The van der Waals surface area contributed by atoms with E-state index < -0.39 is 0 Å². The second-order valence-corrected chi connectivity index (χ2v) is 9.85. The van der Waals surface area contributed by atoms with E-state index in [1.165, 1.54) is 97.2 Å². The minimum atomic E-state index is 0.349. The van der Waals surface area contributed by atoms with Crippen LogP contribution in [0.5, 0.6) is 0 Å². The summed E-state index contributed by atoms with van der Waals surface area (Å²) < 4.78 is 0. The molecule has 0 aromatic rings. The van der Waals surface area contributed by atoms with Gasteiger partial charge >= 0.3 is 0 Å². The van der Waals surface area contributed by atoms with Gasteiger partial charge in [-0.25, -0.2) is 0 Å². The third-order valence-corrected chi connectivity index (χ3v) is 7.40. The molecule has 3 fully saturated rings. The van der Waals surface area contributed by atoms with Gasteiger partial charge in [0.25, 0.3) is 0 Å². The van der Waals surface area contributed by atoms with Gasteiger partial charge < -0.3 is 20.4 Å². The van der Waals surface area contributed by atoms with Gasteiger partial charge in [0.05, 0.1) is 0 Å². The van der Waals surface area contributed by atoms with E-state index in [4.69, 9.17) is 0 Å². The van der Waals surface area contributed by atoms with Crippen molar-refractivity contribution in [3.8, 4) is 0 Å². The Balaban J connectivity index is 1.44. The number of hydrogen-bond donors (Lipinski definition) is 2. The second-order valence-electron chi connectivity index (χ2n) is 9.85. The molecule has 1 atom stereocenters. The molecule has 1 saturated carbocycles. The van der Waals surface area contributed by atoms with Crippen molar-refractivity contribution in [2.75, 3.05) is 73.0 Å². The van der Waals surface area contributed by atoms with E-state index in [0.29, 0.717) is 11.5 Å². The first kappa shape index (κ1) is 22.8. The number of piperidine rings is 1. The lowest BCUT2D eigenvalue weighted by atomic mass is 9.79. The SMILES string of the molecule is CN=C(NCC(C)CN1CCN(C)CC1)NCC1(N2CCCCC2)CCCCC1. The Labute approximate surface area is 179 Å². The van der Waals surface area contributed by atoms with Crippen LogP contribution in [-0.4, -0.2) is 99.2 Å². The molecule has 0 amide bonds. The molecule has 1 aliphatic carbocycles. The third-order valence-electron chi connectivity index (χ3n) is 7.40. The highest BCUT2D eigenvalue weighted by Gasteiger charge is 2.38. The van der Waals surface area contributed by atoms with Gasteiger partial charge in [0, 0.05) is 58.4 Å². The highest BCUT2D eigenvalue weighted by Crippen LogP contribution is 2.35. The number of piperazine rings is 1. The number of aliphatic imine (C=N–C) groups is 1. The molecule has 3 aliphatic rings. The Hall–Kier alpha value is -0.850. The summed E-state index contributed by atoms with van der Waals surface area (Å²) in [6.07, 6.45) is 11.0. The number of guanidine groups is 1. The normalized spacial score (nSPS) is 26.2. The van der Waals surface area contributed by atoms with E-state index in [0.717, 1.165) is 19.0 Å². The van der Waals surface area contributed by atoms with Crippen LogP contribution in [0.4, 0.5) is 0 Å². The van der Waals surface area contributed by atoms with Crippen molar-refractivity contribution in [3.05, 3.63) is 0 Å². The van der Waals surface area contributed by atoms with Gasteiger partial charge in [0.15, 0.2) is 5.96 Å². The quantitative estimate of drug-likeness (QED) is 0.501. The van der Waals surface area contributed by atoms with E-state index >= 15 is 0 Å². The molecule has 0 bridgehead atoms. The molecule has 0 aromatic carbocycles. The standard InChI is InChI=1S/C23H46N6/c1-21(19-28-16-14-27(3)15-17-28)18-25-22(24-2)26-20-23(10-6-4-7-11-23)29-12-8-5-9-13-29/h21H,4-20H2,1-3H3,(H2,24,25,26). The summed E-state index contributed by atoms with van der Waals surface area (Å²) in [5.41, 5.74) is 0.349. The number of rotatable bonds is 7. The van der Waals surface area contributed by atoms with Crippen LogP contribution in [0.1, 0.15) is 58.3 Å². The topological polar surface area (TPSA) is 46.1 Å². The molecule has 0 spiro atoms. The van der Waals surface area contributed by atoms with Gasteiger partial charge in [-0.1, -0.05) is 32.6 Å². The van der Waals surface area contributed by atoms with Crippen LogP contribution in [0.25, 0.3) is 0 Å². The molecular weight excluding hydrogens is 360 g/mol. The molecule has 2 saturated heterocycles. The molecule has 1 unspecified atom stereocenters. The maximum absolute atomic E-state index is 4.53. The van der Waals surface area contributed by atoms with Crippen LogP contribution in [0.3, 0.4) is 0 Å². The molecule has 0 radical (unpaired) electrons. The largest absolute Gasteiger partial charge is 0.356 e. The summed E-state index contributed by atoms with van der Waals surface area (Å²) in [7, 11) is 4.13. The molecule has 2 N–H and O–H groups in total. The van der Waals surface area contributed by atoms with E-state index in [2.05, 4.69) is 44.3 Å². The summed E-state index contributed by atoms with van der Waals surface area (Å²) in [6, 6.07) is 0. The summed E-state index contributed by atoms with van der Waals surface area (Å²) in [6.45, 7) is 12.9.